The molecule has 0 saturated heterocycles. The Hall–Kier alpha value is -0.0400. The van der Waals surface area contributed by atoms with Crippen molar-refractivity contribution in [3.8, 4) is 0 Å². The van der Waals surface area contributed by atoms with Crippen LogP contribution in [0.15, 0.2) is 0 Å². The van der Waals surface area contributed by atoms with Gasteiger partial charge < -0.3 is 4.74 Å². The molecule has 0 radical (unpaired) electrons. The Morgan fingerprint density at radius 1 is 1.31 bits per heavy atom. The Bertz CT molecular complexity index is 165. The summed E-state index contributed by atoms with van der Waals surface area (Å²) in [6.45, 7) is 9.26. The molecule has 1 aliphatic rings. The lowest BCUT2D eigenvalue weighted by atomic mass is 9.68. The van der Waals surface area contributed by atoms with Crippen LogP contribution in [0.4, 0.5) is 0 Å². The Labute approximate surface area is 82.9 Å². The third-order valence-corrected chi connectivity index (χ3v) is 3.78. The van der Waals surface area contributed by atoms with Crippen molar-refractivity contribution in [2.75, 3.05) is 7.11 Å². The molecule has 0 heterocycles. The molecule has 1 saturated carbocycles. The molecule has 0 aromatic carbocycles. The molecule has 0 amide bonds. The first-order valence-electron chi connectivity index (χ1n) is 5.54. The lowest BCUT2D eigenvalue weighted by Gasteiger charge is -2.45. The van der Waals surface area contributed by atoms with Crippen LogP contribution in [0, 0.1) is 17.8 Å². The fraction of sp³-hybridized carbons (Fsp3) is 1.00. The third-order valence-electron chi connectivity index (χ3n) is 3.78. The van der Waals surface area contributed by atoms with Gasteiger partial charge >= 0.3 is 0 Å². The number of hydrogen-bond donors (Lipinski definition) is 0. The summed E-state index contributed by atoms with van der Waals surface area (Å²) in [4.78, 5) is 0. The zero-order valence-corrected chi connectivity index (χ0v) is 9.76. The lowest BCUT2D eigenvalue weighted by Crippen LogP contribution is -2.44. The monoisotopic (exact) mass is 184 g/mol. The minimum atomic E-state index is 0.131. The molecule has 13 heavy (non-hydrogen) atoms. The summed E-state index contributed by atoms with van der Waals surface area (Å²) in [5.74, 6) is 2.33. The van der Waals surface area contributed by atoms with Gasteiger partial charge in [-0.3, -0.25) is 0 Å². The van der Waals surface area contributed by atoms with Crippen molar-refractivity contribution < 1.29 is 4.74 Å². The van der Waals surface area contributed by atoms with Gasteiger partial charge in [-0.2, -0.15) is 0 Å². The van der Waals surface area contributed by atoms with Crippen molar-refractivity contribution >= 4 is 0 Å². The average molecular weight is 184 g/mol. The summed E-state index contributed by atoms with van der Waals surface area (Å²) in [7, 11) is 1.87. The topological polar surface area (TPSA) is 9.23 Å². The molecule has 3 atom stereocenters. The van der Waals surface area contributed by atoms with Crippen LogP contribution in [0.1, 0.15) is 47.0 Å². The summed E-state index contributed by atoms with van der Waals surface area (Å²) in [6.07, 6.45) is 3.94. The van der Waals surface area contributed by atoms with E-state index in [9.17, 15) is 0 Å². The molecule has 0 aromatic heterocycles. The minimum Gasteiger partial charge on any atom is -0.378 e. The van der Waals surface area contributed by atoms with Gasteiger partial charge in [-0.25, -0.2) is 0 Å². The van der Waals surface area contributed by atoms with E-state index in [0.717, 1.165) is 17.8 Å². The third kappa shape index (κ3) is 2.25. The number of hydrogen-bond acceptors (Lipinski definition) is 1. The van der Waals surface area contributed by atoms with Crippen LogP contribution in [-0.2, 0) is 4.74 Å². The fourth-order valence-corrected chi connectivity index (χ4v) is 2.99. The van der Waals surface area contributed by atoms with Crippen LogP contribution < -0.4 is 0 Å². The standard InChI is InChI=1S/C12H24O/c1-9(2)11-7-6-10(3)8-12(11,4)13-5/h9-11H,6-8H2,1-5H3/t10-,11+,12?/m0/s1. The maximum atomic E-state index is 5.72. The number of rotatable bonds is 2. The minimum absolute atomic E-state index is 0.131. The summed E-state index contributed by atoms with van der Waals surface area (Å²) in [5.41, 5.74) is 0.131. The van der Waals surface area contributed by atoms with Gasteiger partial charge in [-0.15, -0.1) is 0 Å². The highest BCUT2D eigenvalue weighted by atomic mass is 16.5. The Morgan fingerprint density at radius 3 is 2.38 bits per heavy atom. The quantitative estimate of drug-likeness (QED) is 0.638. The van der Waals surface area contributed by atoms with Crippen LogP contribution in [0.2, 0.25) is 0 Å². The second-order valence-electron chi connectivity index (χ2n) is 5.25. The largest absolute Gasteiger partial charge is 0.378 e. The van der Waals surface area contributed by atoms with Gasteiger partial charge in [0.25, 0.3) is 0 Å². The first-order valence-corrected chi connectivity index (χ1v) is 5.54. The van der Waals surface area contributed by atoms with Crippen molar-refractivity contribution in [1.82, 2.24) is 0 Å². The highest BCUT2D eigenvalue weighted by Gasteiger charge is 2.40. The molecular weight excluding hydrogens is 160 g/mol. The van der Waals surface area contributed by atoms with Gasteiger partial charge in [0.05, 0.1) is 5.60 Å². The van der Waals surface area contributed by atoms with E-state index >= 15 is 0 Å². The maximum absolute atomic E-state index is 5.72. The van der Waals surface area contributed by atoms with Crippen LogP contribution in [0.3, 0.4) is 0 Å². The Morgan fingerprint density at radius 2 is 1.92 bits per heavy atom. The van der Waals surface area contributed by atoms with Crippen LogP contribution in [-0.4, -0.2) is 12.7 Å². The normalized spacial score (nSPS) is 41.1. The molecule has 1 fully saturated rings. The predicted molar refractivity (Wildman–Crippen MR) is 56.8 cm³/mol. The molecule has 1 aliphatic carbocycles. The van der Waals surface area contributed by atoms with E-state index in [1.807, 2.05) is 7.11 Å². The van der Waals surface area contributed by atoms with E-state index in [2.05, 4.69) is 27.7 Å². The van der Waals surface area contributed by atoms with E-state index in [1.165, 1.54) is 19.3 Å². The summed E-state index contributed by atoms with van der Waals surface area (Å²) in [5, 5.41) is 0. The van der Waals surface area contributed by atoms with Gasteiger partial charge in [0.2, 0.25) is 0 Å². The Kier molecular flexibility index (Phi) is 3.39. The first-order chi connectivity index (χ1) is 5.99. The maximum Gasteiger partial charge on any atom is 0.0683 e. The molecule has 1 nitrogen and oxygen atoms in total. The van der Waals surface area contributed by atoms with Crippen molar-refractivity contribution in [3.63, 3.8) is 0 Å². The van der Waals surface area contributed by atoms with Gasteiger partial charge in [0, 0.05) is 7.11 Å². The molecule has 0 aliphatic heterocycles. The van der Waals surface area contributed by atoms with Crippen LogP contribution >= 0.6 is 0 Å². The van der Waals surface area contributed by atoms with Crippen molar-refractivity contribution in [2.24, 2.45) is 17.8 Å². The van der Waals surface area contributed by atoms with Crippen LogP contribution in [0.25, 0.3) is 0 Å². The number of ether oxygens (including phenoxy) is 1. The predicted octanol–water partition coefficient (Wildman–Crippen LogP) is 3.48. The van der Waals surface area contributed by atoms with E-state index < -0.39 is 0 Å². The summed E-state index contributed by atoms with van der Waals surface area (Å²) in [6, 6.07) is 0. The lowest BCUT2D eigenvalue weighted by molar-refractivity contribution is -0.0956. The van der Waals surface area contributed by atoms with E-state index in [0.29, 0.717) is 0 Å². The SMILES string of the molecule is COC1(C)C[C@@H](C)CC[C@@H]1C(C)C. The highest BCUT2D eigenvalue weighted by Crippen LogP contribution is 2.42. The smallest absolute Gasteiger partial charge is 0.0683 e. The van der Waals surface area contributed by atoms with Crippen LogP contribution in [0.5, 0.6) is 0 Å². The Balaban J connectivity index is 2.72. The fourth-order valence-electron chi connectivity index (χ4n) is 2.99. The van der Waals surface area contributed by atoms with Gasteiger partial charge in [0.1, 0.15) is 0 Å². The molecule has 1 rings (SSSR count). The summed E-state index contributed by atoms with van der Waals surface area (Å²) >= 11 is 0. The second-order valence-corrected chi connectivity index (χ2v) is 5.25. The molecule has 0 aromatic rings. The van der Waals surface area contributed by atoms with E-state index in [4.69, 9.17) is 4.74 Å². The summed E-state index contributed by atoms with van der Waals surface area (Å²) < 4.78 is 5.72. The van der Waals surface area contributed by atoms with Gasteiger partial charge in [-0.1, -0.05) is 27.2 Å². The average Bonchev–Trinajstić information content (AvgIpc) is 2.03. The second kappa shape index (κ2) is 4.00. The van der Waals surface area contributed by atoms with Crippen molar-refractivity contribution in [2.45, 2.75) is 52.6 Å². The molecule has 0 bridgehead atoms. The highest BCUT2D eigenvalue weighted by molar-refractivity contribution is 4.91. The molecule has 1 unspecified atom stereocenters. The van der Waals surface area contributed by atoms with Crippen molar-refractivity contribution in [3.05, 3.63) is 0 Å². The van der Waals surface area contributed by atoms with Gasteiger partial charge in [0.15, 0.2) is 0 Å². The number of methoxy groups -OCH3 is 1. The zero-order chi connectivity index (χ0) is 10.1. The zero-order valence-electron chi connectivity index (χ0n) is 9.76. The first kappa shape index (κ1) is 11.0. The molecular formula is C12H24O. The molecule has 78 valence electrons. The molecule has 0 N–H and O–H groups in total. The van der Waals surface area contributed by atoms with E-state index in [1.54, 1.807) is 0 Å². The molecule has 0 spiro atoms. The molecule has 1 heteroatoms. The van der Waals surface area contributed by atoms with Gasteiger partial charge in [-0.05, 0) is 37.5 Å². The van der Waals surface area contributed by atoms with E-state index in [-0.39, 0.29) is 5.60 Å². The van der Waals surface area contributed by atoms with Crippen molar-refractivity contribution in [1.29, 1.82) is 0 Å².